The van der Waals surface area contributed by atoms with Gasteiger partial charge in [-0.25, -0.2) is 0 Å². The molecule has 3 aliphatic rings. The van der Waals surface area contributed by atoms with Crippen LogP contribution in [0.5, 0.6) is 0 Å². The number of nitrogens with zero attached hydrogens (tertiary/aromatic N) is 4. The normalized spacial score (nSPS) is 22.5. The number of carbonyl (C=O) groups excluding carboxylic acids is 4. The standard InChI is InChI=1S/C42H48N4O6.Mg/c1-9-11-12-21(3)15-16-52-35(48)14-13-27-23(5)31-17-29-24(6)28(20-47)34(44-29)18-30-22(4)26(10-2)33(43-30)19-32-25(7)36-40(46-32)37(39(27)45-31)38(41(36)49)42(50)51-8;/h15,17-20,23,27,38H,9-14,16H2,1-8H3,(H2-2,43,44,45,46,47,49);/q-2;+2/p-2/b21-15-,31-17-;/t23-,27-,38+;/m0./s1. The molecule has 0 unspecified atom stereocenters. The van der Waals surface area contributed by atoms with Gasteiger partial charge in [0.15, 0.2) is 5.78 Å². The van der Waals surface area contributed by atoms with Crippen LogP contribution >= 0.6 is 0 Å². The second-order valence-electron chi connectivity index (χ2n) is 14.1. The predicted molar refractivity (Wildman–Crippen MR) is 205 cm³/mol. The number of fused-ring (bicyclic) bond motifs is 7. The first-order chi connectivity index (χ1) is 24.9. The monoisotopic (exact) mass is 726 g/mol. The van der Waals surface area contributed by atoms with Gasteiger partial charge >= 0.3 is 35.0 Å². The molecule has 1 aliphatic carbocycles. The van der Waals surface area contributed by atoms with Crippen molar-refractivity contribution < 1.29 is 28.7 Å². The molecule has 274 valence electrons. The number of Topliss-reactive ketones (excluding diaryl/α,β-unsaturated/α-hetero) is 1. The zero-order valence-electron chi connectivity index (χ0n) is 32.0. The maximum Gasteiger partial charge on any atom is 2.00 e. The minimum atomic E-state index is -1.25. The molecule has 0 amide bonds. The number of rotatable bonds is 11. The van der Waals surface area contributed by atoms with Crippen LogP contribution in [0, 0.1) is 38.5 Å². The molecule has 11 heteroatoms. The van der Waals surface area contributed by atoms with Gasteiger partial charge in [0.25, 0.3) is 0 Å². The number of allylic oxidation sites excluding steroid dienone is 3. The Morgan fingerprint density at radius 1 is 0.925 bits per heavy atom. The van der Waals surface area contributed by atoms with E-state index >= 15 is 0 Å². The van der Waals surface area contributed by atoms with E-state index in [0.717, 1.165) is 36.7 Å². The molecule has 3 aromatic heterocycles. The van der Waals surface area contributed by atoms with Gasteiger partial charge in [-0.1, -0.05) is 78.8 Å². The van der Waals surface area contributed by atoms with Gasteiger partial charge in [-0.15, -0.1) is 33.5 Å². The molecule has 0 spiro atoms. The number of unbranched alkanes of at least 4 members (excludes halogenated alkanes) is 1. The molecule has 1 fully saturated rings. The maximum absolute atomic E-state index is 14.2. The molecule has 0 radical (unpaired) electrons. The third-order valence-electron chi connectivity index (χ3n) is 10.9. The van der Waals surface area contributed by atoms with Crippen molar-refractivity contribution in [3.63, 3.8) is 0 Å². The molecule has 6 rings (SSSR count). The Labute approximate surface area is 326 Å². The van der Waals surface area contributed by atoms with Gasteiger partial charge in [-0.3, -0.25) is 19.2 Å². The molecular formula is C42H46MgN4O6-2. The Hall–Kier alpha value is -4.35. The van der Waals surface area contributed by atoms with Crippen LogP contribution in [-0.4, -0.2) is 60.8 Å². The second-order valence-corrected chi connectivity index (χ2v) is 14.1. The Balaban J connectivity index is 0.00000541. The molecule has 5 heterocycles. The Kier molecular flexibility index (Phi) is 12.3. The van der Waals surface area contributed by atoms with E-state index in [9.17, 15) is 19.2 Å². The summed E-state index contributed by atoms with van der Waals surface area (Å²) >= 11 is 0. The number of aldehydes is 1. The maximum atomic E-state index is 14.2. The molecule has 10 nitrogen and oxygen atoms in total. The van der Waals surface area contributed by atoms with Crippen LogP contribution in [0.1, 0.15) is 126 Å². The van der Waals surface area contributed by atoms with Crippen molar-refractivity contribution in [3.05, 3.63) is 95.2 Å². The fourth-order valence-electron chi connectivity index (χ4n) is 7.72. The van der Waals surface area contributed by atoms with Gasteiger partial charge in [0, 0.05) is 17.5 Å². The molecular weight excluding hydrogens is 681 g/mol. The van der Waals surface area contributed by atoms with Gasteiger partial charge in [-0.05, 0) is 71.3 Å². The van der Waals surface area contributed by atoms with Gasteiger partial charge in [0.05, 0.1) is 7.11 Å². The van der Waals surface area contributed by atoms with E-state index < -0.39 is 11.9 Å². The largest absolute Gasteiger partial charge is 2.00 e. The Morgan fingerprint density at radius 2 is 1.64 bits per heavy atom. The summed E-state index contributed by atoms with van der Waals surface area (Å²) in [6.07, 6.45) is 12.7. The molecule has 0 aromatic carbocycles. The zero-order valence-corrected chi connectivity index (χ0v) is 33.4. The number of hydrogen-bond acceptors (Lipinski definition) is 6. The van der Waals surface area contributed by atoms with Crippen LogP contribution < -0.4 is 25.7 Å². The molecule has 0 saturated carbocycles. The fraction of sp³-hybridized carbons (Fsp3) is 0.429. The molecule has 53 heavy (non-hydrogen) atoms. The first kappa shape index (κ1) is 39.8. The van der Waals surface area contributed by atoms with Crippen molar-refractivity contribution in [2.45, 2.75) is 87.0 Å². The molecule has 0 N–H and O–H groups in total. The molecule has 8 bridgehead atoms. The van der Waals surface area contributed by atoms with Crippen LogP contribution in [0.3, 0.4) is 0 Å². The number of ketones is 1. The summed E-state index contributed by atoms with van der Waals surface area (Å²) < 4.78 is 10.8. The van der Waals surface area contributed by atoms with Gasteiger partial charge < -0.3 is 29.7 Å². The van der Waals surface area contributed by atoms with E-state index in [1.807, 2.05) is 58.9 Å². The van der Waals surface area contributed by atoms with Crippen LogP contribution in [0.25, 0.3) is 29.1 Å². The van der Waals surface area contributed by atoms with Gasteiger partial charge in [0.2, 0.25) is 0 Å². The van der Waals surface area contributed by atoms with Crippen molar-refractivity contribution in [1.82, 2.24) is 15.0 Å². The van der Waals surface area contributed by atoms with Crippen LogP contribution in [-0.2, 0) is 25.5 Å². The minimum absolute atomic E-state index is 0. The quantitative estimate of drug-likeness (QED) is 0.0847. The minimum Gasteiger partial charge on any atom is -0.664 e. The molecule has 3 atom stereocenters. The first-order valence-corrected chi connectivity index (χ1v) is 18.2. The van der Waals surface area contributed by atoms with Crippen molar-refractivity contribution in [3.8, 4) is 0 Å². The SMILES string of the molecule is CCCC/C(C)=C\COC(=O)CC[C@@H]1/C2=C3/c4[n-]c(c(C)c4C(=O)[C@@H]3C(=O)OC)/C=c3\[n-]/c(c(C)c3CC)=C\c3[n-]c(c(C)c3C=O)/C=C(\[N-]2)[C@H]1C.[Mg+2]. The van der Waals surface area contributed by atoms with Crippen LogP contribution in [0.15, 0.2) is 23.0 Å². The summed E-state index contributed by atoms with van der Waals surface area (Å²) in [5.74, 6) is -3.26. The number of ether oxygens (including phenoxy) is 2. The predicted octanol–water partition coefficient (Wildman–Crippen LogP) is 5.29. The second kappa shape index (κ2) is 16.3. The number of esters is 2. The summed E-state index contributed by atoms with van der Waals surface area (Å²) in [4.78, 5) is 68.0. The van der Waals surface area contributed by atoms with E-state index in [2.05, 4.69) is 13.8 Å². The number of carbonyl (C=O) groups is 4. The Morgan fingerprint density at radius 3 is 2.32 bits per heavy atom. The summed E-state index contributed by atoms with van der Waals surface area (Å²) in [7, 11) is 1.26. The molecule has 1 saturated heterocycles. The summed E-state index contributed by atoms with van der Waals surface area (Å²) in [6, 6.07) is 0. The van der Waals surface area contributed by atoms with Crippen molar-refractivity contribution in [1.29, 1.82) is 0 Å². The van der Waals surface area contributed by atoms with Crippen LogP contribution in [0.2, 0.25) is 0 Å². The fourth-order valence-corrected chi connectivity index (χ4v) is 7.72. The average Bonchev–Trinajstić information content (AvgIpc) is 3.86. The van der Waals surface area contributed by atoms with Crippen molar-refractivity contribution in [2.75, 3.05) is 13.7 Å². The third kappa shape index (κ3) is 7.30. The molecule has 3 aromatic rings. The van der Waals surface area contributed by atoms with E-state index in [1.165, 1.54) is 12.7 Å². The topological polar surface area (TPSA) is 143 Å². The van der Waals surface area contributed by atoms with Crippen molar-refractivity contribution >= 4 is 70.9 Å². The summed E-state index contributed by atoms with van der Waals surface area (Å²) in [5.41, 5.74) is 9.06. The first-order valence-electron chi connectivity index (χ1n) is 18.2. The van der Waals surface area contributed by atoms with Gasteiger partial charge in [0.1, 0.15) is 18.8 Å². The average molecular weight is 727 g/mol. The smallest absolute Gasteiger partial charge is 0.664 e. The van der Waals surface area contributed by atoms with Gasteiger partial charge in [-0.2, -0.15) is 11.4 Å². The van der Waals surface area contributed by atoms with E-state index in [0.29, 0.717) is 85.5 Å². The Bertz CT molecular complexity index is 2190. The molecule has 2 aliphatic heterocycles. The number of methoxy groups -OCH3 is 1. The van der Waals surface area contributed by atoms with E-state index in [-0.39, 0.29) is 59.7 Å². The van der Waals surface area contributed by atoms with Crippen molar-refractivity contribution in [2.24, 2.45) is 17.8 Å². The third-order valence-corrected chi connectivity index (χ3v) is 10.9. The number of aromatic nitrogens is 3. The summed E-state index contributed by atoms with van der Waals surface area (Å²) in [6.45, 7) is 14.1. The van der Waals surface area contributed by atoms with Crippen LogP contribution in [0.4, 0.5) is 0 Å². The van der Waals surface area contributed by atoms with E-state index in [1.54, 1.807) is 0 Å². The summed E-state index contributed by atoms with van der Waals surface area (Å²) in [5, 5.41) is 6.54. The number of hydrogen-bond donors (Lipinski definition) is 0. The van der Waals surface area contributed by atoms with E-state index in [4.69, 9.17) is 29.7 Å². The zero-order chi connectivity index (χ0) is 37.4.